The number of hydrogen-bond donors (Lipinski definition) is 1. The summed E-state index contributed by atoms with van der Waals surface area (Å²) in [6.45, 7) is 15.2. The first-order valence-electron chi connectivity index (χ1n) is 8.87. The number of nitrogens with zero attached hydrogens (tertiary/aromatic N) is 1. The highest BCUT2D eigenvalue weighted by atomic mass is 15.3. The second kappa shape index (κ2) is 8.38. The summed E-state index contributed by atoms with van der Waals surface area (Å²) in [5.41, 5.74) is 0.590. The molecule has 0 radical (unpaired) electrons. The van der Waals surface area contributed by atoms with E-state index < -0.39 is 0 Å². The lowest BCUT2D eigenvalue weighted by molar-refractivity contribution is 0.0379. The molecule has 2 nitrogen and oxygen atoms in total. The fourth-order valence-electron chi connectivity index (χ4n) is 3.13. The molecule has 1 heterocycles. The summed E-state index contributed by atoms with van der Waals surface area (Å²) < 4.78 is 0. The fourth-order valence-corrected chi connectivity index (χ4v) is 3.13. The van der Waals surface area contributed by atoms with Gasteiger partial charge in [0.1, 0.15) is 0 Å². The Morgan fingerprint density at radius 3 is 2.00 bits per heavy atom. The van der Waals surface area contributed by atoms with Gasteiger partial charge in [-0.1, -0.05) is 51.9 Å². The molecule has 0 aromatic carbocycles. The van der Waals surface area contributed by atoms with Crippen molar-refractivity contribution in [2.24, 2.45) is 0 Å². The van der Waals surface area contributed by atoms with E-state index in [1.165, 1.54) is 64.5 Å². The van der Waals surface area contributed by atoms with E-state index >= 15 is 0 Å². The van der Waals surface area contributed by atoms with Gasteiger partial charge in [0.25, 0.3) is 0 Å². The smallest absolute Gasteiger partial charge is 0.0278 e. The molecule has 20 heavy (non-hydrogen) atoms. The Kier molecular flexibility index (Phi) is 7.53. The quantitative estimate of drug-likeness (QED) is 0.622. The Morgan fingerprint density at radius 1 is 0.850 bits per heavy atom. The maximum atomic E-state index is 3.67. The molecule has 1 saturated heterocycles. The summed E-state index contributed by atoms with van der Waals surface area (Å²) in [7, 11) is 0. The van der Waals surface area contributed by atoms with Gasteiger partial charge in [0.15, 0.2) is 0 Å². The normalized spacial score (nSPS) is 22.1. The molecule has 0 unspecified atom stereocenters. The third-order valence-corrected chi connectivity index (χ3v) is 4.72. The van der Waals surface area contributed by atoms with Gasteiger partial charge in [-0.05, 0) is 40.7 Å². The average molecular weight is 283 g/mol. The van der Waals surface area contributed by atoms with Crippen molar-refractivity contribution in [2.75, 3.05) is 19.6 Å². The van der Waals surface area contributed by atoms with E-state index in [4.69, 9.17) is 0 Å². The molecule has 0 saturated carbocycles. The maximum Gasteiger partial charge on any atom is 0.0278 e. The van der Waals surface area contributed by atoms with Gasteiger partial charge in [0, 0.05) is 24.2 Å². The van der Waals surface area contributed by atoms with Crippen LogP contribution in [0.1, 0.15) is 86.0 Å². The van der Waals surface area contributed by atoms with Crippen LogP contribution in [0.15, 0.2) is 0 Å². The van der Waals surface area contributed by atoms with Crippen molar-refractivity contribution < 1.29 is 0 Å². The lowest BCUT2D eigenvalue weighted by atomic mass is 9.91. The van der Waals surface area contributed by atoms with Crippen LogP contribution < -0.4 is 5.32 Å². The molecule has 2 heteroatoms. The highest BCUT2D eigenvalue weighted by Gasteiger charge is 2.36. The molecule has 0 aromatic rings. The minimum Gasteiger partial charge on any atom is -0.309 e. The predicted octanol–water partition coefficient (Wildman–Crippen LogP) is 4.59. The predicted molar refractivity (Wildman–Crippen MR) is 90.3 cm³/mol. The molecule has 0 aromatic heterocycles. The van der Waals surface area contributed by atoms with E-state index in [0.717, 1.165) is 6.54 Å². The number of piperazine rings is 1. The fraction of sp³-hybridized carbons (Fsp3) is 1.00. The average Bonchev–Trinajstić information content (AvgIpc) is 2.37. The molecular weight excluding hydrogens is 244 g/mol. The van der Waals surface area contributed by atoms with E-state index in [1.807, 2.05) is 0 Å². The number of unbranched alkanes of at least 4 members (excludes halogenated alkanes) is 7. The SMILES string of the molecule is CCCCCCCCCCN1CC(C)(C)NCC1(C)C. The second-order valence-corrected chi connectivity index (χ2v) is 7.95. The zero-order valence-corrected chi connectivity index (χ0v) is 14.7. The summed E-state index contributed by atoms with van der Waals surface area (Å²) in [5, 5.41) is 3.67. The van der Waals surface area contributed by atoms with Crippen molar-refractivity contribution in [1.82, 2.24) is 10.2 Å². The molecule has 0 aliphatic carbocycles. The Morgan fingerprint density at radius 2 is 1.40 bits per heavy atom. The van der Waals surface area contributed by atoms with Crippen LogP contribution in [0, 0.1) is 0 Å². The second-order valence-electron chi connectivity index (χ2n) is 7.95. The maximum absolute atomic E-state index is 3.67. The van der Waals surface area contributed by atoms with Gasteiger partial charge in [-0.3, -0.25) is 4.90 Å². The van der Waals surface area contributed by atoms with Gasteiger partial charge in [0.2, 0.25) is 0 Å². The topological polar surface area (TPSA) is 15.3 Å². The van der Waals surface area contributed by atoms with E-state index in [-0.39, 0.29) is 5.54 Å². The van der Waals surface area contributed by atoms with Crippen molar-refractivity contribution in [1.29, 1.82) is 0 Å². The Labute approximate surface area is 127 Å². The molecule has 120 valence electrons. The lowest BCUT2D eigenvalue weighted by Gasteiger charge is -2.49. The molecule has 0 bridgehead atoms. The van der Waals surface area contributed by atoms with Crippen LogP contribution in [0.4, 0.5) is 0 Å². The Bertz CT molecular complexity index is 258. The van der Waals surface area contributed by atoms with E-state index in [1.54, 1.807) is 0 Å². The summed E-state index contributed by atoms with van der Waals surface area (Å²) in [5.74, 6) is 0. The third-order valence-electron chi connectivity index (χ3n) is 4.72. The van der Waals surface area contributed by atoms with Gasteiger partial charge in [-0.15, -0.1) is 0 Å². The van der Waals surface area contributed by atoms with Crippen molar-refractivity contribution in [3.63, 3.8) is 0 Å². The van der Waals surface area contributed by atoms with Crippen LogP contribution in [0.3, 0.4) is 0 Å². The summed E-state index contributed by atoms with van der Waals surface area (Å²) in [4.78, 5) is 2.70. The van der Waals surface area contributed by atoms with Crippen LogP contribution in [-0.4, -0.2) is 35.6 Å². The number of hydrogen-bond acceptors (Lipinski definition) is 2. The van der Waals surface area contributed by atoms with Crippen LogP contribution in [0.2, 0.25) is 0 Å². The van der Waals surface area contributed by atoms with Crippen molar-refractivity contribution in [3.8, 4) is 0 Å². The molecule has 0 spiro atoms. The Balaban J connectivity index is 2.13. The molecule has 0 atom stereocenters. The first kappa shape index (κ1) is 18.0. The highest BCUT2D eigenvalue weighted by molar-refractivity contribution is 4.97. The largest absolute Gasteiger partial charge is 0.309 e. The Hall–Kier alpha value is -0.0800. The molecule has 1 rings (SSSR count). The number of rotatable bonds is 9. The van der Waals surface area contributed by atoms with E-state index in [9.17, 15) is 0 Å². The van der Waals surface area contributed by atoms with E-state index in [2.05, 4.69) is 44.8 Å². The molecular formula is C18H38N2. The zero-order valence-electron chi connectivity index (χ0n) is 14.7. The van der Waals surface area contributed by atoms with Gasteiger partial charge in [0.05, 0.1) is 0 Å². The zero-order chi connectivity index (χ0) is 15.1. The minimum atomic E-state index is 0.273. The number of nitrogens with one attached hydrogen (secondary N) is 1. The monoisotopic (exact) mass is 282 g/mol. The molecule has 1 aliphatic heterocycles. The van der Waals surface area contributed by atoms with Crippen molar-refractivity contribution in [2.45, 2.75) is 97.1 Å². The first-order chi connectivity index (χ1) is 9.37. The van der Waals surface area contributed by atoms with Gasteiger partial charge < -0.3 is 5.32 Å². The van der Waals surface area contributed by atoms with Gasteiger partial charge in [-0.25, -0.2) is 0 Å². The van der Waals surface area contributed by atoms with Crippen LogP contribution in [-0.2, 0) is 0 Å². The van der Waals surface area contributed by atoms with Gasteiger partial charge in [-0.2, -0.15) is 0 Å². The summed E-state index contributed by atoms with van der Waals surface area (Å²) in [6, 6.07) is 0. The summed E-state index contributed by atoms with van der Waals surface area (Å²) in [6.07, 6.45) is 11.3. The van der Waals surface area contributed by atoms with E-state index in [0.29, 0.717) is 5.54 Å². The third kappa shape index (κ3) is 6.58. The molecule has 1 fully saturated rings. The van der Waals surface area contributed by atoms with Crippen molar-refractivity contribution >= 4 is 0 Å². The standard InChI is InChI=1S/C18H38N2/c1-6-7-8-9-10-11-12-13-14-20-16-17(2,3)19-15-18(20,4)5/h19H,6-16H2,1-5H3. The lowest BCUT2D eigenvalue weighted by Crippen LogP contribution is -2.66. The van der Waals surface area contributed by atoms with Crippen molar-refractivity contribution in [3.05, 3.63) is 0 Å². The summed E-state index contributed by atoms with van der Waals surface area (Å²) >= 11 is 0. The van der Waals surface area contributed by atoms with Gasteiger partial charge >= 0.3 is 0 Å². The molecule has 1 aliphatic rings. The minimum absolute atomic E-state index is 0.273. The first-order valence-corrected chi connectivity index (χ1v) is 8.87. The molecule has 0 amide bonds. The van der Waals surface area contributed by atoms with Crippen LogP contribution >= 0.6 is 0 Å². The highest BCUT2D eigenvalue weighted by Crippen LogP contribution is 2.24. The molecule has 1 N–H and O–H groups in total. The van der Waals surface area contributed by atoms with Crippen LogP contribution in [0.5, 0.6) is 0 Å². The van der Waals surface area contributed by atoms with Crippen LogP contribution in [0.25, 0.3) is 0 Å².